The first-order chi connectivity index (χ1) is 13.8. The molecule has 0 aliphatic heterocycles. The molecule has 0 saturated heterocycles. The Labute approximate surface area is 179 Å². The highest BCUT2D eigenvalue weighted by Crippen LogP contribution is 2.61. The number of aliphatic hydroxyl groups excluding tert-OH is 1. The van der Waals surface area contributed by atoms with Crippen LogP contribution in [0.5, 0.6) is 0 Å². The first-order valence-corrected chi connectivity index (χ1v) is 12.2. The maximum atomic E-state index is 11.7. The summed E-state index contributed by atoms with van der Waals surface area (Å²) in [5.41, 5.74) is 2.97. The van der Waals surface area contributed by atoms with Gasteiger partial charge in [0.25, 0.3) is 6.29 Å². The minimum Gasteiger partial charge on any atom is -0.477 e. The van der Waals surface area contributed by atoms with Crippen molar-refractivity contribution >= 4 is 13.8 Å². The molecule has 8 heteroatoms. The van der Waals surface area contributed by atoms with Crippen molar-refractivity contribution in [1.82, 2.24) is 0 Å². The third-order valence-electron chi connectivity index (χ3n) is 7.26. The number of hydrogen-bond donors (Lipinski definition) is 3. The van der Waals surface area contributed by atoms with E-state index in [1.165, 1.54) is 31.3 Å². The maximum Gasteiger partial charge on any atom is 0.475 e. The van der Waals surface area contributed by atoms with Gasteiger partial charge in [-0.25, -0.2) is 13.9 Å². The smallest absolute Gasteiger partial charge is 0.475 e. The standard InChI is InChI=1S/C22H37O7P/c1-15(11-14-28-30(26,27)29-20(25)19(23)24)7-9-17-16(2)8-10-18-21(3,4)12-6-13-22(17,18)5/h11,17-18,20,25H,2,6-10,12-14H2,1,3-5H3,(H,23,24)(H,26,27)/b15-11+/t17-,18-,20?,22+/m0/s1. The van der Waals surface area contributed by atoms with E-state index in [1.807, 2.05) is 6.92 Å². The van der Waals surface area contributed by atoms with Crippen LogP contribution in [-0.2, 0) is 18.4 Å². The second kappa shape index (κ2) is 9.66. The van der Waals surface area contributed by atoms with E-state index in [9.17, 15) is 14.3 Å². The van der Waals surface area contributed by atoms with Gasteiger partial charge < -0.3 is 15.1 Å². The summed E-state index contributed by atoms with van der Waals surface area (Å²) in [5, 5.41) is 17.5. The predicted molar refractivity (Wildman–Crippen MR) is 115 cm³/mol. The summed E-state index contributed by atoms with van der Waals surface area (Å²) in [6.07, 6.45) is 7.15. The van der Waals surface area contributed by atoms with Gasteiger partial charge in [0.1, 0.15) is 0 Å². The molecule has 0 aromatic rings. The van der Waals surface area contributed by atoms with Gasteiger partial charge in [-0.15, -0.1) is 0 Å². The number of carboxylic acids is 1. The first-order valence-electron chi connectivity index (χ1n) is 10.7. The van der Waals surface area contributed by atoms with Gasteiger partial charge in [-0.3, -0.25) is 4.52 Å². The largest absolute Gasteiger partial charge is 0.477 e. The van der Waals surface area contributed by atoms with Crippen molar-refractivity contribution in [3.05, 3.63) is 23.8 Å². The van der Waals surface area contributed by atoms with E-state index in [4.69, 9.17) is 14.7 Å². The lowest BCUT2D eigenvalue weighted by atomic mass is 9.47. The molecule has 7 nitrogen and oxygen atoms in total. The van der Waals surface area contributed by atoms with Crippen LogP contribution >= 0.6 is 7.82 Å². The molecule has 2 saturated carbocycles. The summed E-state index contributed by atoms with van der Waals surface area (Å²) < 4.78 is 20.6. The second-order valence-electron chi connectivity index (χ2n) is 9.80. The van der Waals surface area contributed by atoms with E-state index in [1.54, 1.807) is 6.08 Å². The summed E-state index contributed by atoms with van der Waals surface area (Å²) in [7, 11) is -4.65. The number of rotatable bonds is 9. The summed E-state index contributed by atoms with van der Waals surface area (Å²) >= 11 is 0. The molecule has 2 rings (SSSR count). The molecule has 0 bridgehead atoms. The summed E-state index contributed by atoms with van der Waals surface area (Å²) in [6.45, 7) is 13.4. The number of hydrogen-bond acceptors (Lipinski definition) is 5. The van der Waals surface area contributed by atoms with Crippen LogP contribution < -0.4 is 0 Å². The molecular formula is C22H37O7P. The molecule has 0 heterocycles. The van der Waals surface area contributed by atoms with Crippen LogP contribution in [0.15, 0.2) is 23.8 Å². The van der Waals surface area contributed by atoms with Crippen LogP contribution in [0.3, 0.4) is 0 Å². The third kappa shape index (κ3) is 6.04. The van der Waals surface area contributed by atoms with Gasteiger partial charge in [-0.05, 0) is 68.1 Å². The number of aliphatic hydroxyl groups is 1. The molecule has 5 atom stereocenters. The molecule has 2 aliphatic carbocycles. The van der Waals surface area contributed by atoms with E-state index < -0.39 is 20.1 Å². The van der Waals surface area contributed by atoms with Crippen LogP contribution in [0.25, 0.3) is 0 Å². The topological polar surface area (TPSA) is 113 Å². The van der Waals surface area contributed by atoms with Crippen LogP contribution in [0, 0.1) is 22.7 Å². The molecule has 0 radical (unpaired) electrons. The van der Waals surface area contributed by atoms with Gasteiger partial charge >= 0.3 is 13.8 Å². The average molecular weight is 445 g/mol. The lowest BCUT2D eigenvalue weighted by Gasteiger charge is -2.58. The Balaban J connectivity index is 1.94. The minimum atomic E-state index is -4.65. The monoisotopic (exact) mass is 444 g/mol. The zero-order chi connectivity index (χ0) is 22.7. The molecular weight excluding hydrogens is 407 g/mol. The lowest BCUT2D eigenvalue weighted by Crippen LogP contribution is -2.49. The number of carbonyl (C=O) groups is 1. The Bertz CT molecular complexity index is 729. The highest BCUT2D eigenvalue weighted by molar-refractivity contribution is 7.47. The summed E-state index contributed by atoms with van der Waals surface area (Å²) in [6, 6.07) is 0. The number of phosphoric ester groups is 1. The Morgan fingerprint density at radius 3 is 2.67 bits per heavy atom. The second-order valence-corrected chi connectivity index (χ2v) is 11.2. The Hall–Kier alpha value is -0.980. The minimum absolute atomic E-state index is 0.204. The fraction of sp³-hybridized carbons (Fsp3) is 0.773. The van der Waals surface area contributed by atoms with Crippen molar-refractivity contribution in [3.8, 4) is 0 Å². The van der Waals surface area contributed by atoms with Crippen LogP contribution in [0.1, 0.15) is 72.6 Å². The third-order valence-corrected chi connectivity index (χ3v) is 8.20. The average Bonchev–Trinajstić information content (AvgIpc) is 2.59. The maximum absolute atomic E-state index is 11.7. The van der Waals surface area contributed by atoms with E-state index >= 15 is 0 Å². The van der Waals surface area contributed by atoms with E-state index in [-0.39, 0.29) is 12.0 Å². The molecule has 0 spiro atoms. The quantitative estimate of drug-likeness (QED) is 0.259. The molecule has 30 heavy (non-hydrogen) atoms. The van der Waals surface area contributed by atoms with Gasteiger partial charge in [0.05, 0.1) is 6.61 Å². The normalized spacial score (nSPS) is 32.2. The van der Waals surface area contributed by atoms with E-state index in [0.717, 1.165) is 24.8 Å². The lowest BCUT2D eigenvalue weighted by molar-refractivity contribution is -0.164. The van der Waals surface area contributed by atoms with E-state index in [0.29, 0.717) is 17.3 Å². The molecule has 0 amide bonds. The Kier molecular flexibility index (Phi) is 8.14. The number of allylic oxidation sites excluding steroid dienone is 2. The van der Waals surface area contributed by atoms with Gasteiger partial charge in [-0.1, -0.05) is 51.0 Å². The number of phosphoric acid groups is 1. The summed E-state index contributed by atoms with van der Waals surface area (Å²) in [5.74, 6) is -0.608. The number of carboxylic acid groups (broad SMARTS) is 1. The van der Waals surface area contributed by atoms with Crippen molar-refractivity contribution in [3.63, 3.8) is 0 Å². The predicted octanol–water partition coefficient (Wildman–Crippen LogP) is 5.05. The van der Waals surface area contributed by atoms with Crippen molar-refractivity contribution in [1.29, 1.82) is 0 Å². The van der Waals surface area contributed by atoms with Crippen molar-refractivity contribution in [2.45, 2.75) is 78.9 Å². The van der Waals surface area contributed by atoms with Crippen molar-refractivity contribution < 1.29 is 33.5 Å². The fourth-order valence-electron chi connectivity index (χ4n) is 5.76. The van der Waals surface area contributed by atoms with Crippen molar-refractivity contribution in [2.75, 3.05) is 6.61 Å². The van der Waals surface area contributed by atoms with Crippen LogP contribution in [-0.4, -0.2) is 34.0 Å². The number of aliphatic carboxylic acids is 1. The van der Waals surface area contributed by atoms with Gasteiger partial charge in [0, 0.05) is 0 Å². The molecule has 3 N–H and O–H groups in total. The zero-order valence-corrected chi connectivity index (χ0v) is 19.5. The van der Waals surface area contributed by atoms with Gasteiger partial charge in [0.15, 0.2) is 0 Å². The summed E-state index contributed by atoms with van der Waals surface area (Å²) in [4.78, 5) is 20.0. The van der Waals surface area contributed by atoms with Crippen LogP contribution in [0.4, 0.5) is 0 Å². The first kappa shape index (κ1) is 25.3. The Morgan fingerprint density at radius 1 is 1.37 bits per heavy atom. The molecule has 0 aromatic heterocycles. The van der Waals surface area contributed by atoms with Gasteiger partial charge in [-0.2, -0.15) is 0 Å². The zero-order valence-electron chi connectivity index (χ0n) is 18.6. The highest BCUT2D eigenvalue weighted by Gasteiger charge is 2.52. The molecule has 2 fully saturated rings. The van der Waals surface area contributed by atoms with E-state index in [2.05, 4.69) is 31.9 Å². The molecule has 0 aromatic carbocycles. The molecule has 2 aliphatic rings. The molecule has 2 unspecified atom stereocenters. The molecule has 172 valence electrons. The fourth-order valence-corrected chi connectivity index (χ4v) is 6.42. The number of fused-ring (bicyclic) bond motifs is 1. The van der Waals surface area contributed by atoms with Crippen molar-refractivity contribution in [2.24, 2.45) is 22.7 Å². The SMILES string of the molecule is C=C1CC[C@H]2C(C)(C)CCC[C@]2(C)[C@H]1CC/C(C)=C/COP(=O)(O)OC(O)C(=O)O. The Morgan fingerprint density at radius 2 is 2.03 bits per heavy atom. The highest BCUT2D eigenvalue weighted by atomic mass is 31.2. The van der Waals surface area contributed by atoms with Crippen LogP contribution in [0.2, 0.25) is 0 Å². The van der Waals surface area contributed by atoms with Gasteiger partial charge in [0.2, 0.25) is 0 Å².